The summed E-state index contributed by atoms with van der Waals surface area (Å²) in [7, 11) is 0. The van der Waals surface area contributed by atoms with Crippen LogP contribution in [0.4, 0.5) is 5.69 Å². The number of oxazole rings is 1. The number of thiocarbonyl (C=S) groups is 1. The average Bonchev–Trinajstić information content (AvgIpc) is 3.03. The van der Waals surface area contributed by atoms with E-state index in [9.17, 15) is 4.79 Å². The summed E-state index contributed by atoms with van der Waals surface area (Å²) in [5.41, 5.74) is 4.87. The fraction of sp³-hybridized carbons (Fsp3) is 0.348. The first-order valence-electron chi connectivity index (χ1n) is 9.89. The van der Waals surface area contributed by atoms with Gasteiger partial charge in [-0.2, -0.15) is 0 Å². The Morgan fingerprint density at radius 3 is 2.48 bits per heavy atom. The van der Waals surface area contributed by atoms with Gasteiger partial charge in [-0.15, -0.1) is 0 Å². The standard InChI is InChI=1S/C23H27N3O2S/c1-14(2)11-21(27)26-23(29)24-18-8-5-16(6-9-18)12-22-25-19-13-17(15(3)4)7-10-20(19)28-22/h5-10,13-15H,11-12H2,1-4H3,(H2,24,26,27,29). The molecule has 3 aromatic rings. The first-order chi connectivity index (χ1) is 13.8. The minimum atomic E-state index is -0.0781. The second-order valence-corrected chi connectivity index (χ2v) is 8.37. The summed E-state index contributed by atoms with van der Waals surface area (Å²) in [5.74, 6) is 1.37. The molecule has 0 aliphatic carbocycles. The van der Waals surface area contributed by atoms with Gasteiger partial charge in [-0.1, -0.05) is 45.9 Å². The van der Waals surface area contributed by atoms with Crippen molar-refractivity contribution >= 4 is 40.0 Å². The van der Waals surface area contributed by atoms with Crippen molar-refractivity contribution in [3.8, 4) is 0 Å². The Morgan fingerprint density at radius 2 is 1.83 bits per heavy atom. The number of carbonyl (C=O) groups is 1. The van der Waals surface area contributed by atoms with Crippen molar-refractivity contribution in [3.63, 3.8) is 0 Å². The van der Waals surface area contributed by atoms with Crippen molar-refractivity contribution in [2.24, 2.45) is 5.92 Å². The molecular weight excluding hydrogens is 382 g/mol. The second kappa shape index (κ2) is 9.18. The fourth-order valence-electron chi connectivity index (χ4n) is 3.02. The molecule has 0 aliphatic rings. The van der Waals surface area contributed by atoms with Crippen molar-refractivity contribution in [2.45, 2.75) is 46.5 Å². The van der Waals surface area contributed by atoms with Crippen LogP contribution in [0.25, 0.3) is 11.1 Å². The maximum atomic E-state index is 11.8. The molecule has 0 fully saturated rings. The van der Waals surface area contributed by atoms with Gasteiger partial charge in [0, 0.05) is 18.5 Å². The molecule has 3 rings (SSSR count). The van der Waals surface area contributed by atoms with E-state index in [1.807, 2.05) is 44.2 Å². The van der Waals surface area contributed by atoms with E-state index in [0.29, 0.717) is 35.7 Å². The third kappa shape index (κ3) is 5.87. The van der Waals surface area contributed by atoms with Crippen LogP contribution >= 0.6 is 12.2 Å². The largest absolute Gasteiger partial charge is 0.440 e. The number of benzene rings is 2. The Balaban J connectivity index is 1.61. The van der Waals surface area contributed by atoms with Crippen LogP contribution in [0.5, 0.6) is 0 Å². The van der Waals surface area contributed by atoms with Gasteiger partial charge in [0.15, 0.2) is 16.6 Å². The van der Waals surface area contributed by atoms with Gasteiger partial charge < -0.3 is 15.1 Å². The first kappa shape index (κ1) is 21.0. The number of rotatable bonds is 6. The number of anilines is 1. The maximum absolute atomic E-state index is 11.8. The first-order valence-corrected chi connectivity index (χ1v) is 10.3. The number of hydrogen-bond acceptors (Lipinski definition) is 4. The molecule has 6 heteroatoms. The molecule has 0 aliphatic heterocycles. The summed E-state index contributed by atoms with van der Waals surface area (Å²) >= 11 is 5.20. The van der Waals surface area contributed by atoms with Crippen molar-refractivity contribution in [3.05, 3.63) is 59.5 Å². The maximum Gasteiger partial charge on any atom is 0.226 e. The van der Waals surface area contributed by atoms with Gasteiger partial charge in [0.25, 0.3) is 0 Å². The molecule has 5 nitrogen and oxygen atoms in total. The highest BCUT2D eigenvalue weighted by Crippen LogP contribution is 2.23. The topological polar surface area (TPSA) is 67.2 Å². The molecule has 0 atom stereocenters. The molecule has 0 spiro atoms. The molecule has 1 heterocycles. The molecule has 0 radical (unpaired) electrons. The lowest BCUT2D eigenvalue weighted by atomic mass is 10.0. The van der Waals surface area contributed by atoms with Gasteiger partial charge in [0.2, 0.25) is 5.91 Å². The average molecular weight is 410 g/mol. The van der Waals surface area contributed by atoms with Gasteiger partial charge in [0.05, 0.1) is 0 Å². The number of fused-ring (bicyclic) bond motifs is 1. The molecule has 1 aromatic heterocycles. The predicted molar refractivity (Wildman–Crippen MR) is 121 cm³/mol. The summed E-state index contributed by atoms with van der Waals surface area (Å²) < 4.78 is 5.88. The Morgan fingerprint density at radius 1 is 1.10 bits per heavy atom. The van der Waals surface area contributed by atoms with Gasteiger partial charge in [0.1, 0.15) is 5.52 Å². The van der Waals surface area contributed by atoms with Crippen LogP contribution in [0, 0.1) is 5.92 Å². The Labute approximate surface area is 176 Å². The van der Waals surface area contributed by atoms with Gasteiger partial charge >= 0.3 is 0 Å². The molecule has 29 heavy (non-hydrogen) atoms. The van der Waals surface area contributed by atoms with Crippen LogP contribution in [-0.2, 0) is 11.2 Å². The van der Waals surface area contributed by atoms with E-state index in [0.717, 1.165) is 22.4 Å². The van der Waals surface area contributed by atoms with E-state index >= 15 is 0 Å². The zero-order chi connectivity index (χ0) is 21.0. The van der Waals surface area contributed by atoms with E-state index in [2.05, 4.69) is 41.6 Å². The van der Waals surface area contributed by atoms with E-state index in [1.165, 1.54) is 5.56 Å². The van der Waals surface area contributed by atoms with Crippen molar-refractivity contribution in [2.75, 3.05) is 5.32 Å². The summed E-state index contributed by atoms with van der Waals surface area (Å²) in [6, 6.07) is 14.0. The molecule has 1 amide bonds. The number of aromatic nitrogens is 1. The van der Waals surface area contributed by atoms with E-state index in [4.69, 9.17) is 16.6 Å². The summed E-state index contributed by atoms with van der Waals surface area (Å²) in [6.07, 6.45) is 1.06. The highest BCUT2D eigenvalue weighted by Gasteiger charge is 2.10. The lowest BCUT2D eigenvalue weighted by molar-refractivity contribution is -0.120. The summed E-state index contributed by atoms with van der Waals surface area (Å²) in [5, 5.41) is 6.04. The van der Waals surface area contributed by atoms with E-state index in [-0.39, 0.29) is 5.91 Å². The quantitative estimate of drug-likeness (QED) is 0.534. The summed E-state index contributed by atoms with van der Waals surface area (Å²) in [6.45, 7) is 8.32. The number of nitrogens with one attached hydrogen (secondary N) is 2. The molecule has 0 bridgehead atoms. The molecule has 2 N–H and O–H groups in total. The zero-order valence-corrected chi connectivity index (χ0v) is 18.1. The second-order valence-electron chi connectivity index (χ2n) is 7.96. The Kier molecular flexibility index (Phi) is 6.64. The van der Waals surface area contributed by atoms with Crippen LogP contribution in [0.1, 0.15) is 57.1 Å². The lowest BCUT2D eigenvalue weighted by Crippen LogP contribution is -2.34. The normalized spacial score (nSPS) is 11.2. The summed E-state index contributed by atoms with van der Waals surface area (Å²) in [4.78, 5) is 16.4. The number of carbonyl (C=O) groups excluding carboxylic acids is 1. The van der Waals surface area contributed by atoms with E-state index < -0.39 is 0 Å². The monoisotopic (exact) mass is 409 g/mol. The minimum Gasteiger partial charge on any atom is -0.440 e. The minimum absolute atomic E-state index is 0.0781. The fourth-order valence-corrected chi connectivity index (χ4v) is 3.25. The molecule has 0 unspecified atom stereocenters. The van der Waals surface area contributed by atoms with Crippen molar-refractivity contribution in [1.29, 1.82) is 0 Å². The SMILES string of the molecule is CC(C)CC(=O)NC(=S)Nc1ccc(Cc2nc3cc(C(C)C)ccc3o2)cc1. The third-order valence-corrected chi connectivity index (χ3v) is 4.74. The third-order valence-electron chi connectivity index (χ3n) is 4.54. The molecular formula is C23H27N3O2S. The zero-order valence-electron chi connectivity index (χ0n) is 17.3. The highest BCUT2D eigenvalue weighted by molar-refractivity contribution is 7.80. The molecule has 152 valence electrons. The predicted octanol–water partition coefficient (Wildman–Crippen LogP) is 5.40. The van der Waals surface area contributed by atoms with Crippen molar-refractivity contribution < 1.29 is 9.21 Å². The Bertz CT molecular complexity index is 1010. The van der Waals surface area contributed by atoms with Gasteiger partial charge in [-0.25, -0.2) is 4.98 Å². The molecule has 2 aromatic carbocycles. The Hall–Kier alpha value is -2.73. The smallest absolute Gasteiger partial charge is 0.226 e. The van der Waals surface area contributed by atoms with Crippen molar-refractivity contribution in [1.82, 2.24) is 10.3 Å². The van der Waals surface area contributed by atoms with Crippen LogP contribution in [0.3, 0.4) is 0 Å². The van der Waals surface area contributed by atoms with Crippen LogP contribution < -0.4 is 10.6 Å². The van der Waals surface area contributed by atoms with Crippen LogP contribution in [-0.4, -0.2) is 16.0 Å². The lowest BCUT2D eigenvalue weighted by Gasteiger charge is -2.11. The highest BCUT2D eigenvalue weighted by atomic mass is 32.1. The molecule has 0 saturated heterocycles. The number of hydrogen-bond donors (Lipinski definition) is 2. The van der Waals surface area contributed by atoms with Gasteiger partial charge in [-0.05, 0) is 59.4 Å². The van der Waals surface area contributed by atoms with E-state index in [1.54, 1.807) is 0 Å². The van der Waals surface area contributed by atoms with Gasteiger partial charge in [-0.3, -0.25) is 4.79 Å². The number of nitrogens with zero attached hydrogens (tertiary/aromatic N) is 1. The molecule has 0 saturated carbocycles. The number of amides is 1. The van der Waals surface area contributed by atoms with Crippen LogP contribution in [0.2, 0.25) is 0 Å². The van der Waals surface area contributed by atoms with Crippen LogP contribution in [0.15, 0.2) is 46.9 Å².